The molecule has 1 aromatic rings. The topological polar surface area (TPSA) is 44.1 Å². The molecule has 5 rings (SSSR count). The van der Waals surface area contributed by atoms with Crippen molar-refractivity contribution in [3.05, 3.63) is 11.9 Å². The molecule has 4 nitrogen and oxygen atoms in total. The summed E-state index contributed by atoms with van der Waals surface area (Å²) < 4.78 is 6.97. The summed E-state index contributed by atoms with van der Waals surface area (Å²) in [6, 6.07) is 0. The molecule has 1 heterocycles. The van der Waals surface area contributed by atoms with Crippen LogP contribution in [0.5, 0.6) is 5.75 Å². The zero-order chi connectivity index (χ0) is 14.6. The minimum absolute atomic E-state index is 0.216. The maximum atomic E-state index is 12.9. The third-order valence-electron chi connectivity index (χ3n) is 6.09. The van der Waals surface area contributed by atoms with Crippen LogP contribution in [0.25, 0.3) is 0 Å². The van der Waals surface area contributed by atoms with Crippen LogP contribution in [0.1, 0.15) is 55.4 Å². The maximum Gasteiger partial charge on any atom is 0.185 e. The first-order valence-corrected chi connectivity index (χ1v) is 8.18. The van der Waals surface area contributed by atoms with Gasteiger partial charge in [-0.1, -0.05) is 0 Å². The van der Waals surface area contributed by atoms with Gasteiger partial charge in [-0.15, -0.1) is 0 Å². The number of aryl methyl sites for hydroxylation is 1. The summed E-state index contributed by atoms with van der Waals surface area (Å²) in [5.74, 6) is 3.49. The lowest BCUT2D eigenvalue weighted by Crippen LogP contribution is -2.47. The summed E-state index contributed by atoms with van der Waals surface area (Å²) in [6.45, 7) is 0. The molecule has 4 fully saturated rings. The van der Waals surface area contributed by atoms with Crippen molar-refractivity contribution in [2.75, 3.05) is 7.11 Å². The average Bonchev–Trinajstić information content (AvgIpc) is 2.77. The zero-order valence-electron chi connectivity index (χ0n) is 13.0. The van der Waals surface area contributed by atoms with E-state index in [0.717, 1.165) is 17.8 Å². The van der Waals surface area contributed by atoms with Crippen LogP contribution >= 0.6 is 0 Å². The molecule has 4 saturated carbocycles. The summed E-state index contributed by atoms with van der Waals surface area (Å²) in [6.07, 6.45) is 10.4. The van der Waals surface area contributed by atoms with E-state index in [1.54, 1.807) is 18.0 Å². The van der Waals surface area contributed by atoms with E-state index in [0.29, 0.717) is 17.9 Å². The van der Waals surface area contributed by atoms with Crippen molar-refractivity contribution in [3.63, 3.8) is 0 Å². The van der Waals surface area contributed by atoms with E-state index in [4.69, 9.17) is 4.74 Å². The highest BCUT2D eigenvalue weighted by molar-refractivity contribution is 5.97. The molecule has 0 aromatic carbocycles. The van der Waals surface area contributed by atoms with Crippen LogP contribution in [-0.4, -0.2) is 22.7 Å². The molecule has 4 bridgehead atoms. The van der Waals surface area contributed by atoms with Crippen molar-refractivity contribution in [1.82, 2.24) is 9.78 Å². The van der Waals surface area contributed by atoms with Crippen molar-refractivity contribution < 1.29 is 9.53 Å². The fraction of sp³-hybridized carbons (Fsp3) is 0.765. The number of hydrogen-bond acceptors (Lipinski definition) is 3. The molecule has 0 unspecified atom stereocenters. The molecule has 114 valence electrons. The van der Waals surface area contributed by atoms with Crippen LogP contribution in [0, 0.1) is 23.2 Å². The highest BCUT2D eigenvalue weighted by Crippen LogP contribution is 2.61. The smallest absolute Gasteiger partial charge is 0.185 e. The van der Waals surface area contributed by atoms with Gasteiger partial charge >= 0.3 is 0 Å². The molecule has 1 aromatic heterocycles. The van der Waals surface area contributed by atoms with E-state index in [1.807, 2.05) is 7.05 Å². The average molecular weight is 288 g/mol. The van der Waals surface area contributed by atoms with E-state index in [2.05, 4.69) is 5.10 Å². The number of Topliss-reactive ketones (excluding diaryl/α,β-unsaturated/α-hetero) is 1. The van der Waals surface area contributed by atoms with E-state index in [-0.39, 0.29) is 11.2 Å². The van der Waals surface area contributed by atoms with Gasteiger partial charge in [0.2, 0.25) is 0 Å². The Kier molecular flexibility index (Phi) is 2.92. The summed E-state index contributed by atoms with van der Waals surface area (Å²) >= 11 is 0. The first-order chi connectivity index (χ1) is 10.1. The van der Waals surface area contributed by atoms with Crippen molar-refractivity contribution in [2.45, 2.75) is 44.9 Å². The Balaban J connectivity index is 1.58. The maximum absolute atomic E-state index is 12.9. The van der Waals surface area contributed by atoms with Crippen LogP contribution in [0.2, 0.25) is 0 Å². The predicted octanol–water partition coefficient (Wildman–Crippen LogP) is 3.22. The van der Waals surface area contributed by atoms with Crippen molar-refractivity contribution >= 4 is 5.78 Å². The minimum atomic E-state index is 0.216. The summed E-state index contributed by atoms with van der Waals surface area (Å²) in [5.41, 5.74) is 0.925. The lowest BCUT2D eigenvalue weighted by Gasteiger charge is -2.56. The number of hydrogen-bond donors (Lipinski definition) is 0. The number of carbonyl (C=O) groups excluding carboxylic acids is 1. The van der Waals surface area contributed by atoms with E-state index in [1.165, 1.54) is 38.5 Å². The van der Waals surface area contributed by atoms with Gasteiger partial charge in [-0.05, 0) is 61.7 Å². The van der Waals surface area contributed by atoms with Crippen molar-refractivity contribution in [1.29, 1.82) is 0 Å². The predicted molar refractivity (Wildman–Crippen MR) is 79.3 cm³/mol. The standard InChI is InChI=1S/C17H24N2O2/c1-19-16(15(21-2)10-18-19)14(20)9-17-6-11-3-12(7-17)5-13(4-11)8-17/h10-13H,3-9H2,1-2H3. The molecule has 0 radical (unpaired) electrons. The second kappa shape index (κ2) is 4.59. The van der Waals surface area contributed by atoms with Gasteiger partial charge in [0.15, 0.2) is 11.5 Å². The summed E-state index contributed by atoms with van der Waals surface area (Å²) in [4.78, 5) is 12.9. The Morgan fingerprint density at radius 1 is 1.29 bits per heavy atom. The third kappa shape index (κ3) is 2.11. The lowest BCUT2D eigenvalue weighted by molar-refractivity contribution is -0.0525. The molecular weight excluding hydrogens is 264 g/mol. The second-order valence-corrected chi connectivity index (χ2v) is 7.70. The zero-order valence-corrected chi connectivity index (χ0v) is 13.0. The Hall–Kier alpha value is -1.32. The van der Waals surface area contributed by atoms with Crippen molar-refractivity contribution in [3.8, 4) is 5.75 Å². The molecule has 0 N–H and O–H groups in total. The highest BCUT2D eigenvalue weighted by atomic mass is 16.5. The normalized spacial score (nSPS) is 37.0. The third-order valence-corrected chi connectivity index (χ3v) is 6.09. The number of nitrogens with zero attached hydrogens (tertiary/aromatic N) is 2. The van der Waals surface area contributed by atoms with Gasteiger partial charge in [0.05, 0.1) is 13.3 Å². The Morgan fingerprint density at radius 2 is 1.86 bits per heavy atom. The van der Waals surface area contributed by atoms with Crippen LogP contribution in [0.3, 0.4) is 0 Å². The highest BCUT2D eigenvalue weighted by Gasteiger charge is 2.51. The van der Waals surface area contributed by atoms with Crippen LogP contribution < -0.4 is 4.74 Å². The molecular formula is C17H24N2O2. The molecule has 0 amide bonds. The van der Waals surface area contributed by atoms with Gasteiger partial charge in [0.25, 0.3) is 0 Å². The van der Waals surface area contributed by atoms with E-state index in [9.17, 15) is 4.79 Å². The number of carbonyl (C=O) groups is 1. The van der Waals surface area contributed by atoms with Crippen LogP contribution in [0.15, 0.2) is 6.20 Å². The largest absolute Gasteiger partial charge is 0.493 e. The second-order valence-electron chi connectivity index (χ2n) is 7.70. The number of rotatable bonds is 4. The van der Waals surface area contributed by atoms with Gasteiger partial charge in [-0.2, -0.15) is 5.10 Å². The molecule has 4 aliphatic rings. The Morgan fingerprint density at radius 3 is 2.38 bits per heavy atom. The molecule has 0 aliphatic heterocycles. The fourth-order valence-corrected chi connectivity index (χ4v) is 5.82. The Bertz CT molecular complexity index is 540. The molecule has 4 aliphatic carbocycles. The van der Waals surface area contributed by atoms with Crippen molar-refractivity contribution in [2.24, 2.45) is 30.2 Å². The number of methoxy groups -OCH3 is 1. The Labute approximate surface area is 125 Å². The molecule has 4 heteroatoms. The SMILES string of the molecule is COc1cnn(C)c1C(=O)CC12CC3CC(CC(C3)C1)C2. The first kappa shape index (κ1) is 13.4. The number of ether oxygens (including phenoxy) is 1. The van der Waals surface area contributed by atoms with Gasteiger partial charge in [-0.25, -0.2) is 0 Å². The molecule has 0 spiro atoms. The van der Waals surface area contributed by atoms with Gasteiger partial charge in [-0.3, -0.25) is 9.48 Å². The molecule has 0 saturated heterocycles. The number of aromatic nitrogens is 2. The lowest BCUT2D eigenvalue weighted by atomic mass is 9.48. The summed E-state index contributed by atoms with van der Waals surface area (Å²) in [7, 11) is 3.44. The van der Waals surface area contributed by atoms with E-state index < -0.39 is 0 Å². The number of ketones is 1. The summed E-state index contributed by atoms with van der Waals surface area (Å²) in [5, 5.41) is 4.17. The van der Waals surface area contributed by atoms with Gasteiger partial charge < -0.3 is 4.74 Å². The van der Waals surface area contributed by atoms with Gasteiger partial charge in [0.1, 0.15) is 5.69 Å². The quantitative estimate of drug-likeness (QED) is 0.799. The first-order valence-electron chi connectivity index (χ1n) is 8.18. The molecule has 21 heavy (non-hydrogen) atoms. The molecule has 0 atom stereocenters. The van der Waals surface area contributed by atoms with Crippen LogP contribution in [0.4, 0.5) is 0 Å². The fourth-order valence-electron chi connectivity index (χ4n) is 5.82. The monoisotopic (exact) mass is 288 g/mol. The minimum Gasteiger partial charge on any atom is -0.493 e. The van der Waals surface area contributed by atoms with E-state index >= 15 is 0 Å². The van der Waals surface area contributed by atoms with Crippen LogP contribution in [-0.2, 0) is 7.05 Å². The van der Waals surface area contributed by atoms with Gasteiger partial charge in [0, 0.05) is 13.5 Å².